The van der Waals surface area contributed by atoms with Crippen LogP contribution in [0.25, 0.3) is 0 Å². The van der Waals surface area contributed by atoms with Gasteiger partial charge in [0.15, 0.2) is 0 Å². The van der Waals surface area contributed by atoms with Gasteiger partial charge in [0.05, 0.1) is 0 Å². The van der Waals surface area contributed by atoms with E-state index in [4.69, 9.17) is 11.6 Å². The van der Waals surface area contributed by atoms with Crippen molar-refractivity contribution in [3.05, 3.63) is 29.0 Å². The van der Waals surface area contributed by atoms with Crippen LogP contribution in [-0.4, -0.2) is 10.3 Å². The van der Waals surface area contributed by atoms with Crippen LogP contribution in [0.2, 0.25) is 5.02 Å². The predicted octanol–water partition coefficient (Wildman–Crippen LogP) is 5.60. The minimum Gasteiger partial charge on any atom is -0.261 e. The van der Waals surface area contributed by atoms with Gasteiger partial charge < -0.3 is 0 Å². The Kier molecular flexibility index (Phi) is 6.65. The normalized spacial score (nSPS) is 13.6. The van der Waals surface area contributed by atoms with Crippen LogP contribution in [0.1, 0.15) is 52.1 Å². The van der Waals surface area contributed by atoms with Crippen LogP contribution in [0.4, 0.5) is 0 Å². The minimum absolute atomic E-state index is 0.110. The summed E-state index contributed by atoms with van der Waals surface area (Å²) in [5.74, 6) is 0.799. The Morgan fingerprint density at radius 2 is 2.11 bits per heavy atom. The first-order chi connectivity index (χ1) is 8.45. The second kappa shape index (κ2) is 7.49. The quantitative estimate of drug-likeness (QED) is 0.592. The van der Waals surface area contributed by atoms with Gasteiger partial charge in [0, 0.05) is 27.7 Å². The number of aromatic nitrogens is 1. The third kappa shape index (κ3) is 5.27. The van der Waals surface area contributed by atoms with Crippen molar-refractivity contribution in [3.8, 4) is 0 Å². The van der Waals surface area contributed by atoms with E-state index < -0.39 is 0 Å². The lowest BCUT2D eigenvalue weighted by Gasteiger charge is -2.24. The molecule has 0 aromatic carbocycles. The van der Waals surface area contributed by atoms with Crippen molar-refractivity contribution in [1.29, 1.82) is 0 Å². The molecule has 3 heteroatoms. The molecule has 0 bridgehead atoms. The molecule has 0 N–H and O–H groups in total. The van der Waals surface area contributed by atoms with Gasteiger partial charge in [0.25, 0.3) is 0 Å². The highest BCUT2D eigenvalue weighted by atomic mass is 79.9. The van der Waals surface area contributed by atoms with E-state index in [1.54, 1.807) is 6.20 Å². The van der Waals surface area contributed by atoms with Crippen LogP contribution in [0.15, 0.2) is 18.3 Å². The second-order valence-corrected chi connectivity index (χ2v) is 6.95. The molecule has 0 radical (unpaired) electrons. The Morgan fingerprint density at radius 3 is 2.72 bits per heavy atom. The summed E-state index contributed by atoms with van der Waals surface area (Å²) < 4.78 is 0. The van der Waals surface area contributed by atoms with Crippen LogP contribution in [0, 0.1) is 5.92 Å². The molecule has 1 atom stereocenters. The molecule has 0 saturated heterocycles. The maximum Gasteiger partial charge on any atom is 0.0474 e. The summed E-state index contributed by atoms with van der Waals surface area (Å²) >= 11 is 9.53. The zero-order valence-corrected chi connectivity index (χ0v) is 13.9. The number of pyridine rings is 1. The van der Waals surface area contributed by atoms with Gasteiger partial charge in [-0.15, -0.1) is 0 Å². The molecule has 0 aliphatic rings. The fraction of sp³-hybridized carbons (Fsp3) is 0.667. The number of alkyl halides is 1. The van der Waals surface area contributed by atoms with Gasteiger partial charge in [-0.2, -0.15) is 0 Å². The Hall–Kier alpha value is -0.0800. The van der Waals surface area contributed by atoms with Crippen molar-refractivity contribution < 1.29 is 0 Å². The molecule has 1 heterocycles. The summed E-state index contributed by atoms with van der Waals surface area (Å²) in [5.41, 5.74) is 1.21. The molecule has 0 spiro atoms. The third-order valence-electron chi connectivity index (χ3n) is 3.52. The Labute approximate surface area is 124 Å². The minimum atomic E-state index is 0.110. The Balaban J connectivity index is 2.49. The highest BCUT2D eigenvalue weighted by Crippen LogP contribution is 2.29. The molecule has 0 saturated carbocycles. The molecule has 0 fully saturated rings. The first-order valence-corrected chi connectivity index (χ1v) is 8.13. The lowest BCUT2D eigenvalue weighted by molar-refractivity contribution is 0.402. The summed E-state index contributed by atoms with van der Waals surface area (Å²) in [4.78, 5) is 4.45. The predicted molar refractivity (Wildman–Crippen MR) is 83.7 cm³/mol. The molecular weight excluding hydrogens is 310 g/mol. The lowest BCUT2D eigenvalue weighted by atomic mass is 9.82. The van der Waals surface area contributed by atoms with Crippen LogP contribution in [0.5, 0.6) is 0 Å². The van der Waals surface area contributed by atoms with E-state index in [1.165, 1.54) is 19.3 Å². The van der Waals surface area contributed by atoms with Crippen molar-refractivity contribution in [3.63, 3.8) is 0 Å². The first kappa shape index (κ1) is 16.0. The number of rotatable bonds is 7. The molecule has 1 aromatic rings. The van der Waals surface area contributed by atoms with Gasteiger partial charge in [-0.25, -0.2) is 0 Å². The van der Waals surface area contributed by atoms with Crippen molar-refractivity contribution in [2.45, 2.75) is 51.9 Å². The van der Waals surface area contributed by atoms with Crippen molar-refractivity contribution in [2.75, 3.05) is 5.33 Å². The Morgan fingerprint density at radius 1 is 1.39 bits per heavy atom. The van der Waals surface area contributed by atoms with E-state index in [1.807, 2.05) is 12.1 Å². The highest BCUT2D eigenvalue weighted by Gasteiger charge is 2.22. The molecule has 1 nitrogen and oxygen atoms in total. The summed E-state index contributed by atoms with van der Waals surface area (Å²) in [7, 11) is 0. The SMILES string of the molecule is C[C@@H](CCBr)CCCC(C)(C)c1cc(Cl)ccn1. The number of nitrogens with zero attached hydrogens (tertiary/aromatic N) is 1. The average molecular weight is 333 g/mol. The van der Waals surface area contributed by atoms with Gasteiger partial charge >= 0.3 is 0 Å². The molecule has 0 aliphatic carbocycles. The van der Waals surface area contributed by atoms with Crippen molar-refractivity contribution in [2.24, 2.45) is 5.92 Å². The van der Waals surface area contributed by atoms with E-state index in [9.17, 15) is 0 Å². The largest absolute Gasteiger partial charge is 0.261 e. The summed E-state index contributed by atoms with van der Waals surface area (Å²) in [6, 6.07) is 3.82. The topological polar surface area (TPSA) is 12.9 Å². The van der Waals surface area contributed by atoms with Gasteiger partial charge in [0.1, 0.15) is 0 Å². The average Bonchev–Trinajstić information content (AvgIpc) is 2.29. The fourth-order valence-corrected chi connectivity index (χ4v) is 3.07. The highest BCUT2D eigenvalue weighted by molar-refractivity contribution is 9.09. The van der Waals surface area contributed by atoms with Crippen LogP contribution in [0.3, 0.4) is 0 Å². The lowest BCUT2D eigenvalue weighted by Crippen LogP contribution is -2.19. The van der Waals surface area contributed by atoms with Gasteiger partial charge in [-0.1, -0.05) is 61.1 Å². The maximum atomic E-state index is 6.03. The zero-order valence-electron chi connectivity index (χ0n) is 11.5. The van der Waals surface area contributed by atoms with Crippen LogP contribution < -0.4 is 0 Å². The van der Waals surface area contributed by atoms with Crippen LogP contribution >= 0.6 is 27.5 Å². The monoisotopic (exact) mass is 331 g/mol. The number of hydrogen-bond donors (Lipinski definition) is 0. The van der Waals surface area contributed by atoms with Crippen molar-refractivity contribution >= 4 is 27.5 Å². The molecule has 102 valence electrons. The molecule has 1 aromatic heterocycles. The van der Waals surface area contributed by atoms with E-state index in [0.717, 1.165) is 28.4 Å². The summed E-state index contributed by atoms with van der Waals surface area (Å²) in [5, 5.41) is 1.88. The maximum absolute atomic E-state index is 6.03. The second-order valence-electron chi connectivity index (χ2n) is 5.72. The molecule has 1 rings (SSSR count). The van der Waals surface area contributed by atoms with Gasteiger partial charge in [0.2, 0.25) is 0 Å². The van der Waals surface area contributed by atoms with E-state index in [2.05, 4.69) is 41.7 Å². The number of halogens is 2. The van der Waals surface area contributed by atoms with Crippen molar-refractivity contribution in [1.82, 2.24) is 4.98 Å². The smallest absolute Gasteiger partial charge is 0.0474 e. The molecule has 0 unspecified atom stereocenters. The molecule has 0 aliphatic heterocycles. The Bertz CT molecular complexity index is 365. The van der Waals surface area contributed by atoms with E-state index in [0.29, 0.717) is 0 Å². The number of hydrogen-bond acceptors (Lipinski definition) is 1. The third-order valence-corrected chi connectivity index (χ3v) is 4.21. The molecule has 18 heavy (non-hydrogen) atoms. The van der Waals surface area contributed by atoms with Gasteiger partial charge in [-0.3, -0.25) is 4.98 Å². The van der Waals surface area contributed by atoms with Crippen LogP contribution in [-0.2, 0) is 5.41 Å². The van der Waals surface area contributed by atoms with E-state index in [-0.39, 0.29) is 5.41 Å². The van der Waals surface area contributed by atoms with E-state index >= 15 is 0 Å². The summed E-state index contributed by atoms with van der Waals surface area (Å²) in [6.07, 6.45) is 6.75. The summed E-state index contributed by atoms with van der Waals surface area (Å²) in [6.45, 7) is 6.83. The molecular formula is C15H23BrClN. The first-order valence-electron chi connectivity index (χ1n) is 6.63. The standard InChI is InChI=1S/C15H23BrClN/c1-12(6-9-16)5-4-8-15(2,3)14-11-13(17)7-10-18-14/h7,10-12H,4-6,8-9H2,1-3H3/t12-/m1/s1. The fourth-order valence-electron chi connectivity index (χ4n) is 2.13. The van der Waals surface area contributed by atoms with Gasteiger partial charge in [-0.05, 0) is 30.9 Å². The zero-order chi connectivity index (χ0) is 13.6. The molecule has 0 amide bonds.